The van der Waals surface area contributed by atoms with Crippen LogP contribution in [-0.2, 0) is 9.53 Å². The third-order valence-corrected chi connectivity index (χ3v) is 3.83. The zero-order valence-corrected chi connectivity index (χ0v) is 13.6. The van der Waals surface area contributed by atoms with Crippen molar-refractivity contribution in [1.29, 1.82) is 0 Å². The van der Waals surface area contributed by atoms with Crippen LogP contribution >= 0.6 is 0 Å². The van der Waals surface area contributed by atoms with Crippen LogP contribution in [0.5, 0.6) is 0 Å². The van der Waals surface area contributed by atoms with Crippen molar-refractivity contribution >= 4 is 11.9 Å². The van der Waals surface area contributed by atoms with E-state index < -0.39 is 0 Å². The zero-order chi connectivity index (χ0) is 15.3. The van der Waals surface area contributed by atoms with Crippen LogP contribution < -0.4 is 10.6 Å². The highest BCUT2D eigenvalue weighted by molar-refractivity contribution is 5.79. The van der Waals surface area contributed by atoms with E-state index in [1.165, 1.54) is 25.7 Å². The Morgan fingerprint density at radius 3 is 2.57 bits per heavy atom. The van der Waals surface area contributed by atoms with Gasteiger partial charge in [0.25, 0.3) is 0 Å². The molecule has 0 amide bonds. The molecule has 2 N–H and O–H groups in total. The molecular formula is C16H31N3O2. The van der Waals surface area contributed by atoms with Crippen molar-refractivity contribution in [3.8, 4) is 0 Å². The van der Waals surface area contributed by atoms with Gasteiger partial charge in [0.15, 0.2) is 5.96 Å². The number of esters is 1. The predicted octanol–water partition coefficient (Wildman–Crippen LogP) is 2.61. The highest BCUT2D eigenvalue weighted by Crippen LogP contribution is 2.17. The molecule has 5 nitrogen and oxygen atoms in total. The first kappa shape index (κ1) is 17.8. The van der Waals surface area contributed by atoms with E-state index in [-0.39, 0.29) is 5.97 Å². The van der Waals surface area contributed by atoms with E-state index >= 15 is 0 Å². The number of aliphatic imine (C=N–C) groups is 1. The molecule has 0 radical (unpaired) electrons. The molecule has 5 heteroatoms. The van der Waals surface area contributed by atoms with Crippen LogP contribution in [0.25, 0.3) is 0 Å². The third kappa shape index (κ3) is 8.58. The Hall–Kier alpha value is -1.26. The second-order valence-electron chi connectivity index (χ2n) is 5.59. The summed E-state index contributed by atoms with van der Waals surface area (Å²) in [6, 6.07) is 0.598. The lowest BCUT2D eigenvalue weighted by molar-refractivity contribution is -0.143. The summed E-state index contributed by atoms with van der Waals surface area (Å²) in [6.45, 7) is 3.26. The van der Waals surface area contributed by atoms with Crippen LogP contribution in [0.2, 0.25) is 0 Å². The maximum absolute atomic E-state index is 11.2. The standard InChI is InChI=1S/C16H31N3O2/c1-3-21-15(20)12-6-4-5-9-13-18-16(17-2)19-14-10-7-8-11-14/h14H,3-13H2,1-2H3,(H2,17,18,19). The van der Waals surface area contributed by atoms with Crippen molar-refractivity contribution in [2.24, 2.45) is 4.99 Å². The summed E-state index contributed by atoms with van der Waals surface area (Å²) in [5.41, 5.74) is 0. The van der Waals surface area contributed by atoms with Crippen molar-refractivity contribution < 1.29 is 9.53 Å². The molecule has 21 heavy (non-hydrogen) atoms. The Morgan fingerprint density at radius 1 is 1.19 bits per heavy atom. The summed E-state index contributed by atoms with van der Waals surface area (Å²) in [5.74, 6) is 0.852. The number of nitrogens with one attached hydrogen (secondary N) is 2. The van der Waals surface area contributed by atoms with E-state index in [9.17, 15) is 4.79 Å². The first-order chi connectivity index (χ1) is 10.3. The largest absolute Gasteiger partial charge is 0.466 e. The fourth-order valence-electron chi connectivity index (χ4n) is 2.65. The maximum atomic E-state index is 11.2. The van der Waals surface area contributed by atoms with Gasteiger partial charge >= 0.3 is 5.97 Å². The van der Waals surface area contributed by atoms with Crippen LogP contribution in [0.15, 0.2) is 4.99 Å². The minimum Gasteiger partial charge on any atom is -0.466 e. The molecule has 0 atom stereocenters. The van der Waals surface area contributed by atoms with Crippen LogP contribution in [0.1, 0.15) is 64.7 Å². The SMILES string of the molecule is CCOC(=O)CCCCCCNC(=NC)NC1CCCC1. The first-order valence-corrected chi connectivity index (χ1v) is 8.39. The van der Waals surface area contributed by atoms with Gasteiger partial charge in [0.1, 0.15) is 0 Å². The fourth-order valence-corrected chi connectivity index (χ4v) is 2.65. The predicted molar refractivity (Wildman–Crippen MR) is 86.5 cm³/mol. The topological polar surface area (TPSA) is 62.7 Å². The number of hydrogen-bond acceptors (Lipinski definition) is 3. The molecule has 0 spiro atoms. The summed E-state index contributed by atoms with van der Waals surface area (Å²) in [5, 5.41) is 6.84. The molecule has 0 aromatic carbocycles. The van der Waals surface area contributed by atoms with Crippen molar-refractivity contribution in [2.45, 2.75) is 70.8 Å². The minimum absolute atomic E-state index is 0.0724. The van der Waals surface area contributed by atoms with Gasteiger partial charge in [0, 0.05) is 26.1 Å². The Bertz CT molecular complexity index is 313. The van der Waals surface area contributed by atoms with Crippen molar-refractivity contribution in [1.82, 2.24) is 10.6 Å². The van der Waals surface area contributed by atoms with Crippen molar-refractivity contribution in [3.63, 3.8) is 0 Å². The van der Waals surface area contributed by atoms with Gasteiger partial charge in [-0.2, -0.15) is 0 Å². The van der Waals surface area contributed by atoms with E-state index in [0.29, 0.717) is 19.1 Å². The lowest BCUT2D eigenvalue weighted by Gasteiger charge is -2.16. The van der Waals surface area contributed by atoms with Gasteiger partial charge in [-0.05, 0) is 32.6 Å². The summed E-state index contributed by atoms with van der Waals surface area (Å²) in [6.07, 6.45) is 9.96. The highest BCUT2D eigenvalue weighted by atomic mass is 16.5. The Morgan fingerprint density at radius 2 is 1.90 bits per heavy atom. The molecule has 1 saturated carbocycles. The van der Waals surface area contributed by atoms with Gasteiger partial charge in [0.05, 0.1) is 6.61 Å². The van der Waals surface area contributed by atoms with Gasteiger partial charge in [-0.3, -0.25) is 9.79 Å². The minimum atomic E-state index is -0.0724. The average Bonchev–Trinajstić information content (AvgIpc) is 2.98. The first-order valence-electron chi connectivity index (χ1n) is 8.39. The third-order valence-electron chi connectivity index (χ3n) is 3.83. The summed E-state index contributed by atoms with van der Waals surface area (Å²) in [4.78, 5) is 15.4. The number of rotatable bonds is 9. The number of nitrogens with zero attached hydrogens (tertiary/aromatic N) is 1. The van der Waals surface area contributed by atoms with Gasteiger partial charge in [-0.15, -0.1) is 0 Å². The van der Waals surface area contributed by atoms with E-state index in [4.69, 9.17) is 4.74 Å². The summed E-state index contributed by atoms with van der Waals surface area (Å²) in [7, 11) is 1.82. The second kappa shape index (κ2) is 11.4. The molecule has 0 heterocycles. The highest BCUT2D eigenvalue weighted by Gasteiger charge is 2.15. The number of carbonyl (C=O) groups is 1. The molecule has 0 aromatic rings. The normalized spacial score (nSPS) is 16.0. The molecule has 1 rings (SSSR count). The quantitative estimate of drug-likeness (QED) is 0.297. The van der Waals surface area contributed by atoms with E-state index in [1.807, 2.05) is 14.0 Å². The molecule has 0 bridgehead atoms. The van der Waals surface area contributed by atoms with Crippen molar-refractivity contribution in [3.05, 3.63) is 0 Å². The Kier molecular flexibility index (Phi) is 9.66. The van der Waals surface area contributed by atoms with Crippen LogP contribution in [0.4, 0.5) is 0 Å². The molecule has 0 unspecified atom stereocenters. The number of guanidine groups is 1. The van der Waals surface area contributed by atoms with Crippen molar-refractivity contribution in [2.75, 3.05) is 20.2 Å². The smallest absolute Gasteiger partial charge is 0.305 e. The average molecular weight is 297 g/mol. The summed E-state index contributed by atoms with van der Waals surface area (Å²) < 4.78 is 4.90. The Balaban J connectivity index is 1.96. The molecule has 0 saturated heterocycles. The van der Waals surface area contributed by atoms with Gasteiger partial charge in [0.2, 0.25) is 0 Å². The molecule has 122 valence electrons. The maximum Gasteiger partial charge on any atom is 0.305 e. The zero-order valence-electron chi connectivity index (χ0n) is 13.6. The fraction of sp³-hybridized carbons (Fsp3) is 0.875. The van der Waals surface area contributed by atoms with Crippen LogP contribution in [0, 0.1) is 0 Å². The molecule has 1 aliphatic rings. The molecule has 0 aliphatic heterocycles. The molecule has 1 aliphatic carbocycles. The Labute approximate surface area is 128 Å². The lowest BCUT2D eigenvalue weighted by Crippen LogP contribution is -2.42. The van der Waals surface area contributed by atoms with Crippen LogP contribution in [-0.4, -0.2) is 38.2 Å². The number of hydrogen-bond donors (Lipinski definition) is 2. The summed E-state index contributed by atoms with van der Waals surface area (Å²) >= 11 is 0. The van der Waals surface area contributed by atoms with Gasteiger partial charge < -0.3 is 15.4 Å². The monoisotopic (exact) mass is 297 g/mol. The van der Waals surface area contributed by atoms with E-state index in [1.54, 1.807) is 0 Å². The lowest BCUT2D eigenvalue weighted by atomic mass is 10.1. The number of carbonyl (C=O) groups excluding carboxylic acids is 1. The van der Waals surface area contributed by atoms with Crippen LogP contribution in [0.3, 0.4) is 0 Å². The number of ether oxygens (including phenoxy) is 1. The second-order valence-corrected chi connectivity index (χ2v) is 5.59. The van der Waals surface area contributed by atoms with E-state index in [2.05, 4.69) is 15.6 Å². The van der Waals surface area contributed by atoms with E-state index in [0.717, 1.165) is 38.2 Å². The molecule has 1 fully saturated rings. The van der Waals surface area contributed by atoms with Gasteiger partial charge in [-0.25, -0.2) is 0 Å². The molecule has 0 aromatic heterocycles. The van der Waals surface area contributed by atoms with Gasteiger partial charge in [-0.1, -0.05) is 25.7 Å². The molecular weight excluding hydrogens is 266 g/mol. The number of unbranched alkanes of at least 4 members (excludes halogenated alkanes) is 3.